The first-order valence-corrected chi connectivity index (χ1v) is 8.69. The molecule has 0 spiro atoms. The first kappa shape index (κ1) is 19.5. The fourth-order valence-electron chi connectivity index (χ4n) is 2.77. The molecule has 0 aliphatic heterocycles. The highest BCUT2D eigenvalue weighted by Crippen LogP contribution is 2.21. The molecule has 0 aliphatic rings. The molecule has 0 bridgehead atoms. The number of ether oxygens (including phenoxy) is 1. The van der Waals surface area contributed by atoms with Gasteiger partial charge in [-0.3, -0.25) is 9.59 Å². The Kier molecular flexibility index (Phi) is 6.39. The lowest BCUT2D eigenvalue weighted by Gasteiger charge is -2.13. The predicted octanol–water partition coefficient (Wildman–Crippen LogP) is 3.65. The number of hydrogen-bond acceptors (Lipinski definition) is 3. The van der Waals surface area contributed by atoms with Crippen molar-refractivity contribution in [2.24, 2.45) is 0 Å². The maximum absolute atomic E-state index is 12.2. The Bertz CT molecular complexity index is 772. The Balaban J connectivity index is 1.92. The zero-order chi connectivity index (χ0) is 19.3. The molecule has 0 saturated carbocycles. The topological polar surface area (TPSA) is 67.4 Å². The number of carbonyl (C=O) groups is 2. The molecular formula is C21H26N2O3. The van der Waals surface area contributed by atoms with Gasteiger partial charge in [0.05, 0.1) is 6.10 Å². The average molecular weight is 354 g/mol. The van der Waals surface area contributed by atoms with E-state index in [9.17, 15) is 9.59 Å². The third-order valence-corrected chi connectivity index (χ3v) is 3.87. The second kappa shape index (κ2) is 8.52. The summed E-state index contributed by atoms with van der Waals surface area (Å²) in [6.45, 7) is 10.0. The standard InChI is InChI=1S/C21H26N2O3/c1-13(2)26-18-8-6-17(7-9-18)12-22-20(24)21(25)23-19-15(4)10-14(3)11-16(19)5/h6-11,13H,12H2,1-5H3,(H,22,24)(H,23,25). The summed E-state index contributed by atoms with van der Waals surface area (Å²) >= 11 is 0. The third-order valence-electron chi connectivity index (χ3n) is 3.87. The van der Waals surface area contributed by atoms with Gasteiger partial charge >= 0.3 is 11.8 Å². The van der Waals surface area contributed by atoms with Crippen LogP contribution in [-0.4, -0.2) is 17.9 Å². The van der Waals surface area contributed by atoms with E-state index in [1.54, 1.807) is 0 Å². The van der Waals surface area contributed by atoms with E-state index in [0.29, 0.717) is 5.69 Å². The van der Waals surface area contributed by atoms with Crippen LogP contribution >= 0.6 is 0 Å². The molecule has 0 aliphatic carbocycles. The van der Waals surface area contributed by atoms with Crippen LogP contribution < -0.4 is 15.4 Å². The van der Waals surface area contributed by atoms with Crippen molar-refractivity contribution in [3.8, 4) is 5.75 Å². The molecule has 138 valence electrons. The fourth-order valence-corrected chi connectivity index (χ4v) is 2.77. The third kappa shape index (κ3) is 5.34. The number of benzene rings is 2. The van der Waals surface area contributed by atoms with Crippen LogP contribution in [0.5, 0.6) is 5.75 Å². The summed E-state index contributed by atoms with van der Waals surface area (Å²) in [7, 11) is 0. The van der Waals surface area contributed by atoms with Crippen LogP contribution in [0, 0.1) is 20.8 Å². The average Bonchev–Trinajstić information content (AvgIpc) is 2.56. The van der Waals surface area contributed by atoms with Gasteiger partial charge in [-0.1, -0.05) is 29.8 Å². The van der Waals surface area contributed by atoms with E-state index >= 15 is 0 Å². The fraction of sp³-hybridized carbons (Fsp3) is 0.333. The van der Waals surface area contributed by atoms with E-state index in [0.717, 1.165) is 28.0 Å². The van der Waals surface area contributed by atoms with Crippen molar-refractivity contribution >= 4 is 17.5 Å². The van der Waals surface area contributed by atoms with Gasteiger partial charge in [-0.05, 0) is 63.4 Å². The highest BCUT2D eigenvalue weighted by Gasteiger charge is 2.15. The number of hydrogen-bond donors (Lipinski definition) is 2. The molecule has 2 aromatic carbocycles. The first-order chi connectivity index (χ1) is 12.3. The lowest BCUT2D eigenvalue weighted by Crippen LogP contribution is -2.35. The van der Waals surface area contributed by atoms with Gasteiger partial charge in [-0.2, -0.15) is 0 Å². The van der Waals surface area contributed by atoms with E-state index in [-0.39, 0.29) is 12.6 Å². The van der Waals surface area contributed by atoms with Gasteiger partial charge < -0.3 is 15.4 Å². The smallest absolute Gasteiger partial charge is 0.313 e. The quantitative estimate of drug-likeness (QED) is 0.805. The number of carbonyl (C=O) groups excluding carboxylic acids is 2. The Morgan fingerprint density at radius 3 is 2.08 bits per heavy atom. The van der Waals surface area contributed by atoms with Crippen molar-refractivity contribution in [3.05, 3.63) is 58.7 Å². The second-order valence-corrected chi connectivity index (χ2v) is 6.72. The second-order valence-electron chi connectivity index (χ2n) is 6.72. The van der Waals surface area contributed by atoms with E-state index in [4.69, 9.17) is 4.74 Å². The Morgan fingerprint density at radius 1 is 0.962 bits per heavy atom. The highest BCUT2D eigenvalue weighted by molar-refractivity contribution is 6.39. The van der Waals surface area contributed by atoms with Crippen LogP contribution in [0.1, 0.15) is 36.1 Å². The molecule has 0 fully saturated rings. The molecule has 2 amide bonds. The molecule has 2 aromatic rings. The number of anilines is 1. The summed E-state index contributed by atoms with van der Waals surface area (Å²) in [4.78, 5) is 24.2. The number of aryl methyl sites for hydroxylation is 3. The summed E-state index contributed by atoms with van der Waals surface area (Å²) in [6, 6.07) is 11.4. The van der Waals surface area contributed by atoms with Gasteiger partial charge in [-0.15, -0.1) is 0 Å². The molecule has 0 saturated heterocycles. The van der Waals surface area contributed by atoms with Crippen LogP contribution in [0.25, 0.3) is 0 Å². The SMILES string of the molecule is Cc1cc(C)c(NC(=O)C(=O)NCc2ccc(OC(C)C)cc2)c(C)c1. The van der Waals surface area contributed by atoms with E-state index < -0.39 is 11.8 Å². The molecule has 5 nitrogen and oxygen atoms in total. The monoisotopic (exact) mass is 354 g/mol. The Labute approximate surface area is 154 Å². The molecule has 0 radical (unpaired) electrons. The molecule has 5 heteroatoms. The minimum absolute atomic E-state index is 0.109. The lowest BCUT2D eigenvalue weighted by molar-refractivity contribution is -0.136. The largest absolute Gasteiger partial charge is 0.491 e. The van der Waals surface area contributed by atoms with Gasteiger partial charge in [-0.25, -0.2) is 0 Å². The maximum atomic E-state index is 12.2. The van der Waals surface area contributed by atoms with Crippen molar-refractivity contribution in [2.45, 2.75) is 47.3 Å². The summed E-state index contributed by atoms with van der Waals surface area (Å²) in [5.74, 6) is -0.551. The van der Waals surface area contributed by atoms with E-state index in [1.165, 1.54) is 0 Å². The van der Waals surface area contributed by atoms with Crippen molar-refractivity contribution < 1.29 is 14.3 Å². The maximum Gasteiger partial charge on any atom is 0.313 e. The van der Waals surface area contributed by atoms with E-state index in [1.807, 2.05) is 71.0 Å². The number of rotatable bonds is 5. The first-order valence-electron chi connectivity index (χ1n) is 8.69. The Morgan fingerprint density at radius 2 is 1.54 bits per heavy atom. The molecule has 2 rings (SSSR count). The van der Waals surface area contributed by atoms with Crippen LogP contribution in [-0.2, 0) is 16.1 Å². The van der Waals surface area contributed by atoms with Crippen molar-refractivity contribution in [2.75, 3.05) is 5.32 Å². The van der Waals surface area contributed by atoms with Gasteiger partial charge in [0.2, 0.25) is 0 Å². The molecule has 0 heterocycles. The van der Waals surface area contributed by atoms with Gasteiger partial charge in [0.1, 0.15) is 5.75 Å². The van der Waals surface area contributed by atoms with Crippen LogP contribution in [0.15, 0.2) is 36.4 Å². The predicted molar refractivity (Wildman–Crippen MR) is 103 cm³/mol. The van der Waals surface area contributed by atoms with Gasteiger partial charge in [0.25, 0.3) is 0 Å². The molecule has 0 unspecified atom stereocenters. The van der Waals surface area contributed by atoms with Crippen LogP contribution in [0.2, 0.25) is 0 Å². The van der Waals surface area contributed by atoms with Crippen molar-refractivity contribution in [1.82, 2.24) is 5.32 Å². The lowest BCUT2D eigenvalue weighted by atomic mass is 10.1. The van der Waals surface area contributed by atoms with E-state index in [2.05, 4.69) is 10.6 Å². The molecule has 26 heavy (non-hydrogen) atoms. The summed E-state index contributed by atoms with van der Waals surface area (Å²) < 4.78 is 5.58. The summed E-state index contributed by atoms with van der Waals surface area (Å²) in [5.41, 5.74) is 4.57. The highest BCUT2D eigenvalue weighted by atomic mass is 16.5. The molecular weight excluding hydrogens is 328 g/mol. The normalized spacial score (nSPS) is 10.5. The van der Waals surface area contributed by atoms with Gasteiger partial charge in [0.15, 0.2) is 0 Å². The minimum Gasteiger partial charge on any atom is -0.491 e. The molecule has 0 aromatic heterocycles. The minimum atomic E-state index is -0.667. The molecule has 2 N–H and O–H groups in total. The van der Waals surface area contributed by atoms with Crippen molar-refractivity contribution in [3.63, 3.8) is 0 Å². The van der Waals surface area contributed by atoms with Gasteiger partial charge in [0, 0.05) is 12.2 Å². The number of amides is 2. The zero-order valence-corrected chi connectivity index (χ0v) is 16.0. The van der Waals surface area contributed by atoms with Crippen LogP contribution in [0.4, 0.5) is 5.69 Å². The van der Waals surface area contributed by atoms with Crippen molar-refractivity contribution in [1.29, 1.82) is 0 Å². The molecule has 0 atom stereocenters. The zero-order valence-electron chi connectivity index (χ0n) is 16.0. The summed E-state index contributed by atoms with van der Waals surface area (Å²) in [5, 5.41) is 5.34. The van der Waals surface area contributed by atoms with Crippen LogP contribution in [0.3, 0.4) is 0 Å². The summed E-state index contributed by atoms with van der Waals surface area (Å²) in [6.07, 6.45) is 0.109. The Hall–Kier alpha value is -2.82. The number of nitrogens with one attached hydrogen (secondary N) is 2.